The van der Waals surface area contributed by atoms with Crippen LogP contribution in [-0.2, 0) is 0 Å². The third-order valence-electron chi connectivity index (χ3n) is 2.41. The Kier molecular flexibility index (Phi) is 7.97. The van der Waals surface area contributed by atoms with Crippen LogP contribution in [0.4, 0.5) is 0 Å². The zero-order chi connectivity index (χ0) is 15.0. The highest BCUT2D eigenvalue weighted by Crippen LogP contribution is 2.33. The molecular formula is C17H28O2. The van der Waals surface area contributed by atoms with Gasteiger partial charge in [-0.05, 0) is 51.0 Å². The van der Waals surface area contributed by atoms with Crippen molar-refractivity contribution in [1.82, 2.24) is 0 Å². The van der Waals surface area contributed by atoms with Crippen LogP contribution in [0.3, 0.4) is 0 Å². The van der Waals surface area contributed by atoms with Crippen LogP contribution in [0, 0.1) is 13.8 Å². The van der Waals surface area contributed by atoms with Crippen molar-refractivity contribution in [3.05, 3.63) is 29.5 Å². The first-order valence-corrected chi connectivity index (χ1v) is 7.23. The molecule has 0 spiro atoms. The van der Waals surface area contributed by atoms with Gasteiger partial charge in [-0.1, -0.05) is 27.7 Å². The maximum atomic E-state index is 5.81. The van der Waals surface area contributed by atoms with Gasteiger partial charge in [-0.25, -0.2) is 0 Å². The van der Waals surface area contributed by atoms with Crippen LogP contribution in [-0.4, -0.2) is 6.10 Å². The molecule has 1 heterocycles. The minimum Gasteiger partial charge on any atom is -0.490 e. The Bertz CT molecular complexity index is 481. The first kappa shape index (κ1) is 17.6. The molecule has 0 radical (unpaired) electrons. The molecule has 0 N–H and O–H groups in total. The van der Waals surface area contributed by atoms with Gasteiger partial charge in [-0.2, -0.15) is 0 Å². The van der Waals surface area contributed by atoms with E-state index in [1.165, 1.54) is 0 Å². The SMILES string of the molecule is CC.CC.Cc1cc(C)c2occc2c1OC(C)C. The fraction of sp³-hybridized carbons (Fsp3) is 0.529. The molecule has 2 nitrogen and oxygen atoms in total. The smallest absolute Gasteiger partial charge is 0.140 e. The molecule has 2 aromatic rings. The molecule has 2 heteroatoms. The molecular weight excluding hydrogens is 236 g/mol. The minimum atomic E-state index is 0.185. The van der Waals surface area contributed by atoms with E-state index in [0.29, 0.717) is 0 Å². The summed E-state index contributed by atoms with van der Waals surface area (Å²) < 4.78 is 11.3. The lowest BCUT2D eigenvalue weighted by molar-refractivity contribution is 0.244. The molecule has 0 saturated carbocycles. The predicted molar refractivity (Wildman–Crippen MR) is 84.1 cm³/mol. The maximum Gasteiger partial charge on any atom is 0.140 e. The molecule has 0 bridgehead atoms. The number of aryl methyl sites for hydroxylation is 2. The van der Waals surface area contributed by atoms with E-state index in [1.807, 2.05) is 47.6 Å². The topological polar surface area (TPSA) is 22.4 Å². The molecule has 0 fully saturated rings. The lowest BCUT2D eigenvalue weighted by atomic mass is 10.1. The highest BCUT2D eigenvalue weighted by atomic mass is 16.5. The number of fused-ring (bicyclic) bond motifs is 1. The summed E-state index contributed by atoms with van der Waals surface area (Å²) in [6.07, 6.45) is 1.90. The van der Waals surface area contributed by atoms with Crippen LogP contribution < -0.4 is 4.74 Å². The Morgan fingerprint density at radius 1 is 1.00 bits per heavy atom. The van der Waals surface area contributed by atoms with Gasteiger partial charge in [0.25, 0.3) is 0 Å². The van der Waals surface area contributed by atoms with Gasteiger partial charge in [0.15, 0.2) is 0 Å². The van der Waals surface area contributed by atoms with E-state index < -0.39 is 0 Å². The van der Waals surface area contributed by atoms with Crippen molar-refractivity contribution >= 4 is 11.0 Å². The normalized spacial score (nSPS) is 9.53. The number of hydrogen-bond donors (Lipinski definition) is 0. The van der Waals surface area contributed by atoms with Crippen molar-refractivity contribution in [2.45, 2.75) is 61.5 Å². The van der Waals surface area contributed by atoms with Gasteiger partial charge in [0.05, 0.1) is 17.8 Å². The van der Waals surface area contributed by atoms with Crippen molar-refractivity contribution in [2.75, 3.05) is 0 Å². The van der Waals surface area contributed by atoms with Crippen LogP contribution in [0.15, 0.2) is 22.8 Å². The van der Waals surface area contributed by atoms with Gasteiger partial charge < -0.3 is 9.15 Å². The second kappa shape index (κ2) is 8.63. The van der Waals surface area contributed by atoms with Crippen molar-refractivity contribution in [1.29, 1.82) is 0 Å². The molecule has 0 aliphatic carbocycles. The van der Waals surface area contributed by atoms with Gasteiger partial charge in [-0.3, -0.25) is 0 Å². The third-order valence-corrected chi connectivity index (χ3v) is 2.41. The average Bonchev–Trinajstić information content (AvgIpc) is 2.89. The van der Waals surface area contributed by atoms with Crippen molar-refractivity contribution in [3.8, 4) is 5.75 Å². The summed E-state index contributed by atoms with van der Waals surface area (Å²) in [7, 11) is 0. The van der Waals surface area contributed by atoms with Gasteiger partial charge in [0.2, 0.25) is 0 Å². The number of rotatable bonds is 2. The summed E-state index contributed by atoms with van der Waals surface area (Å²) in [5, 5.41) is 1.07. The van der Waals surface area contributed by atoms with Gasteiger partial charge >= 0.3 is 0 Å². The van der Waals surface area contributed by atoms with E-state index >= 15 is 0 Å². The lowest BCUT2D eigenvalue weighted by Gasteiger charge is -2.14. The van der Waals surface area contributed by atoms with E-state index in [0.717, 1.165) is 27.8 Å². The summed E-state index contributed by atoms with van der Waals surface area (Å²) in [5.41, 5.74) is 3.25. The van der Waals surface area contributed by atoms with Gasteiger partial charge in [0.1, 0.15) is 11.3 Å². The molecule has 19 heavy (non-hydrogen) atoms. The molecule has 0 atom stereocenters. The summed E-state index contributed by atoms with van der Waals surface area (Å²) in [4.78, 5) is 0. The van der Waals surface area contributed by atoms with E-state index in [1.54, 1.807) is 6.26 Å². The second-order valence-electron chi connectivity index (χ2n) is 4.17. The fourth-order valence-electron chi connectivity index (χ4n) is 1.85. The first-order valence-electron chi connectivity index (χ1n) is 7.23. The quantitative estimate of drug-likeness (QED) is 0.674. The molecule has 1 aromatic carbocycles. The maximum absolute atomic E-state index is 5.81. The zero-order valence-corrected chi connectivity index (χ0v) is 13.6. The standard InChI is InChI=1S/C13H16O2.2C2H6/c1-8(2)15-13-10(4)7-9(3)12-11(13)5-6-14-12;2*1-2/h5-8H,1-4H3;2*1-2H3. The molecule has 0 amide bonds. The van der Waals surface area contributed by atoms with E-state index in [9.17, 15) is 0 Å². The monoisotopic (exact) mass is 264 g/mol. The minimum absolute atomic E-state index is 0.185. The Balaban J connectivity index is 0.000000741. The van der Waals surface area contributed by atoms with Gasteiger partial charge in [0, 0.05) is 0 Å². The highest BCUT2D eigenvalue weighted by Gasteiger charge is 2.12. The van der Waals surface area contributed by atoms with Crippen LogP contribution in [0.5, 0.6) is 5.75 Å². The Morgan fingerprint density at radius 2 is 1.58 bits per heavy atom. The molecule has 0 unspecified atom stereocenters. The Hall–Kier alpha value is -1.44. The number of furan rings is 1. The summed E-state index contributed by atoms with van der Waals surface area (Å²) in [6, 6.07) is 4.07. The summed E-state index contributed by atoms with van der Waals surface area (Å²) >= 11 is 0. The number of ether oxygens (including phenoxy) is 1. The molecule has 0 aliphatic heterocycles. The lowest BCUT2D eigenvalue weighted by Crippen LogP contribution is -2.07. The predicted octanol–water partition coefficient (Wildman–Crippen LogP) is 5.89. The van der Waals surface area contributed by atoms with Crippen molar-refractivity contribution in [3.63, 3.8) is 0 Å². The Labute approximate surface area is 117 Å². The molecule has 2 rings (SSSR count). The number of benzene rings is 1. The molecule has 0 aliphatic rings. The highest BCUT2D eigenvalue weighted by molar-refractivity contribution is 5.88. The van der Waals surface area contributed by atoms with E-state index in [2.05, 4.69) is 19.9 Å². The first-order chi connectivity index (χ1) is 9.09. The molecule has 108 valence electrons. The average molecular weight is 264 g/mol. The zero-order valence-electron chi connectivity index (χ0n) is 13.6. The van der Waals surface area contributed by atoms with Crippen LogP contribution in [0.1, 0.15) is 52.7 Å². The summed E-state index contributed by atoms with van der Waals surface area (Å²) in [6.45, 7) is 16.2. The number of hydrogen-bond acceptors (Lipinski definition) is 2. The van der Waals surface area contributed by atoms with Crippen molar-refractivity contribution < 1.29 is 9.15 Å². The molecule has 0 saturated heterocycles. The molecule has 1 aromatic heterocycles. The largest absolute Gasteiger partial charge is 0.490 e. The van der Waals surface area contributed by atoms with Gasteiger partial charge in [-0.15, -0.1) is 0 Å². The van der Waals surface area contributed by atoms with E-state index in [-0.39, 0.29) is 6.10 Å². The van der Waals surface area contributed by atoms with Crippen LogP contribution >= 0.6 is 0 Å². The third kappa shape index (κ3) is 4.30. The van der Waals surface area contributed by atoms with Crippen LogP contribution in [0.2, 0.25) is 0 Å². The van der Waals surface area contributed by atoms with E-state index in [4.69, 9.17) is 9.15 Å². The Morgan fingerprint density at radius 3 is 2.11 bits per heavy atom. The van der Waals surface area contributed by atoms with Crippen LogP contribution in [0.25, 0.3) is 11.0 Å². The van der Waals surface area contributed by atoms with Crippen molar-refractivity contribution in [2.24, 2.45) is 0 Å². The fourth-order valence-corrected chi connectivity index (χ4v) is 1.85. The summed E-state index contributed by atoms with van der Waals surface area (Å²) in [5.74, 6) is 0.944. The second-order valence-corrected chi connectivity index (χ2v) is 4.17.